The Morgan fingerprint density at radius 1 is 1.24 bits per heavy atom. The summed E-state index contributed by atoms with van der Waals surface area (Å²) >= 11 is 0. The number of carbonyl (C=O) groups excluding carboxylic acids is 1. The standard InChI is InChI=1S/C15H16F3O3/c16-15(17,18)21-12-6-4-5-11(9-12)13(10-19)14(20)7-2-1-3-8-14/h4-6,9,13,20H,1-3,7-8H2/t13-/m1/s1. The van der Waals surface area contributed by atoms with Crippen molar-refractivity contribution in [2.75, 3.05) is 0 Å². The first kappa shape index (κ1) is 15.8. The van der Waals surface area contributed by atoms with Crippen LogP contribution in [-0.2, 0) is 4.79 Å². The summed E-state index contributed by atoms with van der Waals surface area (Å²) in [7, 11) is 0. The van der Waals surface area contributed by atoms with Crippen LogP contribution in [-0.4, -0.2) is 23.4 Å². The summed E-state index contributed by atoms with van der Waals surface area (Å²) in [6, 6.07) is 5.16. The Morgan fingerprint density at radius 3 is 2.48 bits per heavy atom. The SMILES string of the molecule is O=[C][C@H](c1cccc(OC(F)(F)F)c1)C1(O)CCCCC1. The molecule has 6 heteroatoms. The third kappa shape index (κ3) is 3.97. The van der Waals surface area contributed by atoms with Crippen LogP contribution < -0.4 is 4.74 Å². The highest BCUT2D eigenvalue weighted by molar-refractivity contribution is 5.65. The maximum absolute atomic E-state index is 12.2. The zero-order valence-electron chi connectivity index (χ0n) is 11.3. The lowest BCUT2D eigenvalue weighted by Gasteiger charge is -2.36. The molecule has 1 saturated carbocycles. The molecular weight excluding hydrogens is 285 g/mol. The van der Waals surface area contributed by atoms with Crippen molar-refractivity contribution in [2.45, 2.75) is 50.0 Å². The molecule has 1 N–H and O–H groups in total. The fourth-order valence-electron chi connectivity index (χ4n) is 2.83. The van der Waals surface area contributed by atoms with E-state index < -0.39 is 23.6 Å². The zero-order valence-corrected chi connectivity index (χ0v) is 11.3. The first-order valence-electron chi connectivity index (χ1n) is 6.80. The minimum atomic E-state index is -4.79. The van der Waals surface area contributed by atoms with Crippen LogP contribution in [0.25, 0.3) is 0 Å². The van der Waals surface area contributed by atoms with Crippen molar-refractivity contribution in [3.63, 3.8) is 0 Å². The van der Waals surface area contributed by atoms with Crippen LogP contribution in [0.5, 0.6) is 5.75 Å². The Kier molecular flexibility index (Phi) is 4.56. The maximum atomic E-state index is 12.2. The van der Waals surface area contributed by atoms with Crippen molar-refractivity contribution < 1.29 is 27.8 Å². The van der Waals surface area contributed by atoms with Gasteiger partial charge in [-0.05, 0) is 30.5 Å². The molecule has 1 aliphatic rings. The molecule has 2 rings (SSSR count). The van der Waals surface area contributed by atoms with Crippen LogP contribution in [0.3, 0.4) is 0 Å². The average Bonchev–Trinajstić information content (AvgIpc) is 2.38. The Balaban J connectivity index is 2.26. The normalized spacial score (nSPS) is 19.8. The van der Waals surface area contributed by atoms with Gasteiger partial charge in [0.2, 0.25) is 6.29 Å². The van der Waals surface area contributed by atoms with Crippen molar-refractivity contribution in [1.29, 1.82) is 0 Å². The van der Waals surface area contributed by atoms with Crippen molar-refractivity contribution >= 4 is 6.29 Å². The second-order valence-corrected chi connectivity index (χ2v) is 5.34. The summed E-state index contributed by atoms with van der Waals surface area (Å²) in [6.07, 6.45) is 0.422. The van der Waals surface area contributed by atoms with Gasteiger partial charge in [-0.2, -0.15) is 0 Å². The van der Waals surface area contributed by atoms with Gasteiger partial charge in [0.1, 0.15) is 5.75 Å². The Morgan fingerprint density at radius 2 is 1.90 bits per heavy atom. The van der Waals surface area contributed by atoms with Crippen LogP contribution in [0.1, 0.15) is 43.6 Å². The fraction of sp³-hybridized carbons (Fsp3) is 0.533. The molecule has 1 aliphatic carbocycles. The Bertz CT molecular complexity index is 493. The summed E-state index contributed by atoms with van der Waals surface area (Å²) in [5.41, 5.74) is -0.951. The average molecular weight is 301 g/mol. The van der Waals surface area contributed by atoms with Gasteiger partial charge in [0, 0.05) is 0 Å². The summed E-state index contributed by atoms with van der Waals surface area (Å²) in [6.45, 7) is 0. The molecule has 0 bridgehead atoms. The van der Waals surface area contributed by atoms with Gasteiger partial charge in [-0.1, -0.05) is 31.4 Å². The van der Waals surface area contributed by atoms with Gasteiger partial charge in [-0.15, -0.1) is 13.2 Å². The summed E-state index contributed by atoms with van der Waals surface area (Å²) in [5.74, 6) is -1.37. The largest absolute Gasteiger partial charge is 0.573 e. The minimum absolute atomic E-state index is 0.288. The van der Waals surface area contributed by atoms with E-state index in [-0.39, 0.29) is 5.56 Å². The first-order valence-corrected chi connectivity index (χ1v) is 6.80. The molecule has 0 unspecified atom stereocenters. The molecule has 0 amide bonds. The summed E-state index contributed by atoms with van der Waals surface area (Å²) in [4.78, 5) is 11.3. The highest BCUT2D eigenvalue weighted by atomic mass is 19.4. The molecule has 1 atom stereocenters. The molecule has 0 aromatic heterocycles. The van der Waals surface area contributed by atoms with Crippen molar-refractivity contribution in [3.8, 4) is 5.75 Å². The van der Waals surface area contributed by atoms with Crippen LogP contribution in [0.4, 0.5) is 13.2 Å². The number of ether oxygens (including phenoxy) is 1. The van der Waals surface area contributed by atoms with Gasteiger partial charge in [-0.25, -0.2) is 0 Å². The number of rotatable bonds is 4. The third-order valence-electron chi connectivity index (χ3n) is 3.80. The van der Waals surface area contributed by atoms with E-state index >= 15 is 0 Å². The van der Waals surface area contributed by atoms with Crippen molar-refractivity contribution in [1.82, 2.24) is 0 Å². The van der Waals surface area contributed by atoms with E-state index in [2.05, 4.69) is 4.74 Å². The topological polar surface area (TPSA) is 46.5 Å². The lowest BCUT2D eigenvalue weighted by molar-refractivity contribution is -0.274. The van der Waals surface area contributed by atoms with Gasteiger partial charge in [-0.3, -0.25) is 4.79 Å². The fourth-order valence-corrected chi connectivity index (χ4v) is 2.83. The molecule has 1 fully saturated rings. The number of hydrogen-bond acceptors (Lipinski definition) is 3. The molecule has 1 aromatic carbocycles. The Labute approximate surface area is 120 Å². The predicted octanol–water partition coefficient (Wildman–Crippen LogP) is 3.47. The highest BCUT2D eigenvalue weighted by Crippen LogP contribution is 2.39. The second kappa shape index (κ2) is 6.05. The van der Waals surface area contributed by atoms with E-state index in [1.807, 2.05) is 0 Å². The third-order valence-corrected chi connectivity index (χ3v) is 3.80. The summed E-state index contributed by atoms with van der Waals surface area (Å²) < 4.78 is 40.6. The molecule has 0 spiro atoms. The quantitative estimate of drug-likeness (QED) is 0.926. The van der Waals surface area contributed by atoms with E-state index in [4.69, 9.17) is 0 Å². The van der Waals surface area contributed by atoms with E-state index in [9.17, 15) is 23.1 Å². The van der Waals surface area contributed by atoms with Crippen LogP contribution in [0, 0.1) is 0 Å². The number of alkyl halides is 3. The molecule has 0 saturated heterocycles. The van der Waals surface area contributed by atoms with Gasteiger partial charge in [0.25, 0.3) is 0 Å². The second-order valence-electron chi connectivity index (χ2n) is 5.34. The highest BCUT2D eigenvalue weighted by Gasteiger charge is 2.39. The molecule has 21 heavy (non-hydrogen) atoms. The smallest absolute Gasteiger partial charge is 0.406 e. The molecule has 1 aromatic rings. The van der Waals surface area contributed by atoms with Gasteiger partial charge in [0.15, 0.2) is 0 Å². The molecular formula is C15H16F3O3. The first-order chi connectivity index (χ1) is 9.84. The van der Waals surface area contributed by atoms with E-state index in [0.717, 1.165) is 31.4 Å². The van der Waals surface area contributed by atoms with Crippen molar-refractivity contribution in [2.24, 2.45) is 0 Å². The number of aliphatic hydroxyl groups is 1. The lowest BCUT2D eigenvalue weighted by Crippen LogP contribution is -2.39. The molecule has 115 valence electrons. The maximum Gasteiger partial charge on any atom is 0.573 e. The van der Waals surface area contributed by atoms with E-state index in [1.165, 1.54) is 12.1 Å². The number of benzene rings is 1. The Hall–Kier alpha value is -1.56. The summed E-state index contributed by atoms with van der Waals surface area (Å²) in [5, 5.41) is 10.6. The van der Waals surface area contributed by atoms with Gasteiger partial charge >= 0.3 is 6.36 Å². The number of hydrogen-bond donors (Lipinski definition) is 1. The predicted molar refractivity (Wildman–Crippen MR) is 69.6 cm³/mol. The van der Waals surface area contributed by atoms with Gasteiger partial charge in [0.05, 0.1) is 11.5 Å². The van der Waals surface area contributed by atoms with E-state index in [1.54, 1.807) is 6.29 Å². The van der Waals surface area contributed by atoms with Crippen LogP contribution in [0.2, 0.25) is 0 Å². The lowest BCUT2D eigenvalue weighted by atomic mass is 9.73. The van der Waals surface area contributed by atoms with Gasteiger partial charge < -0.3 is 9.84 Å². The van der Waals surface area contributed by atoms with Crippen LogP contribution >= 0.6 is 0 Å². The molecule has 3 nitrogen and oxygen atoms in total. The zero-order chi connectivity index (χ0) is 15.5. The van der Waals surface area contributed by atoms with E-state index in [0.29, 0.717) is 12.8 Å². The van der Waals surface area contributed by atoms with Crippen molar-refractivity contribution in [3.05, 3.63) is 29.8 Å². The van der Waals surface area contributed by atoms with Crippen LogP contribution in [0.15, 0.2) is 24.3 Å². The molecule has 0 aliphatic heterocycles. The minimum Gasteiger partial charge on any atom is -0.406 e. The monoisotopic (exact) mass is 301 g/mol. The molecule has 0 heterocycles. The number of halogens is 3. The molecule has 1 radical (unpaired) electrons.